The van der Waals surface area contributed by atoms with Crippen molar-refractivity contribution in [1.82, 2.24) is 0 Å². The van der Waals surface area contributed by atoms with Crippen LogP contribution in [0, 0.1) is 0 Å². The molecule has 154 valence electrons. The third-order valence-corrected chi connectivity index (χ3v) is 5.16. The van der Waals surface area contributed by atoms with Gasteiger partial charge < -0.3 is 11.5 Å². The van der Waals surface area contributed by atoms with Crippen molar-refractivity contribution < 1.29 is 0 Å². The lowest BCUT2D eigenvalue weighted by molar-refractivity contribution is 0.546. The Labute approximate surface area is 168 Å². The Hall–Kier alpha value is -1.28. The molecular weight excluding hydrogens is 328 g/mol. The molecule has 0 saturated carbocycles. The molecule has 2 nitrogen and oxygen atoms in total. The van der Waals surface area contributed by atoms with Crippen LogP contribution in [0.15, 0.2) is 17.8 Å². The van der Waals surface area contributed by atoms with Crippen molar-refractivity contribution in [1.29, 1.82) is 0 Å². The summed E-state index contributed by atoms with van der Waals surface area (Å²) in [6.07, 6.45) is 6.51. The van der Waals surface area contributed by atoms with Crippen LogP contribution >= 0.6 is 0 Å². The summed E-state index contributed by atoms with van der Waals surface area (Å²) in [5, 5.41) is 0. The fourth-order valence-corrected chi connectivity index (χ4v) is 3.39. The minimum absolute atomic E-state index is 0.0624. The Morgan fingerprint density at radius 2 is 1.26 bits per heavy atom. The van der Waals surface area contributed by atoms with Crippen LogP contribution in [0.4, 0.5) is 0 Å². The van der Waals surface area contributed by atoms with Gasteiger partial charge in [-0.2, -0.15) is 0 Å². The van der Waals surface area contributed by atoms with Crippen molar-refractivity contribution in [3.8, 4) is 0 Å². The maximum absolute atomic E-state index is 6.47. The van der Waals surface area contributed by atoms with E-state index in [0.717, 1.165) is 37.9 Å². The molecule has 0 atom stereocenters. The summed E-state index contributed by atoms with van der Waals surface area (Å²) < 4.78 is 0. The molecule has 0 aliphatic rings. The van der Waals surface area contributed by atoms with Gasteiger partial charge in [0.2, 0.25) is 0 Å². The summed E-state index contributed by atoms with van der Waals surface area (Å²) in [7, 11) is 0. The first-order chi connectivity index (χ1) is 12.2. The average Bonchev–Trinajstić information content (AvgIpc) is 2.48. The maximum Gasteiger partial charge on any atom is 0.00866 e. The molecule has 0 spiro atoms. The molecule has 0 aromatic heterocycles. The first kappa shape index (κ1) is 23.8. The Bertz CT molecular complexity index is 611. The van der Waals surface area contributed by atoms with Gasteiger partial charge in [0.25, 0.3) is 0 Å². The third kappa shape index (κ3) is 6.99. The fourth-order valence-electron chi connectivity index (χ4n) is 3.39. The molecule has 0 saturated heterocycles. The normalized spacial score (nSPS) is 13.9. The molecule has 27 heavy (non-hydrogen) atoms. The fraction of sp³-hybridized carbons (Fsp3) is 0.680. The molecular formula is C25H44N2. The predicted molar refractivity (Wildman–Crippen MR) is 122 cm³/mol. The van der Waals surface area contributed by atoms with Crippen LogP contribution in [-0.4, -0.2) is 6.54 Å². The molecule has 0 aliphatic carbocycles. The number of benzene rings is 1. The van der Waals surface area contributed by atoms with E-state index in [0.29, 0.717) is 0 Å². The number of rotatable bonds is 6. The van der Waals surface area contributed by atoms with Gasteiger partial charge in [0.05, 0.1) is 0 Å². The molecule has 0 fully saturated rings. The maximum atomic E-state index is 6.47. The van der Waals surface area contributed by atoms with Crippen LogP contribution in [-0.2, 0) is 16.2 Å². The van der Waals surface area contributed by atoms with E-state index < -0.39 is 0 Å². The van der Waals surface area contributed by atoms with Crippen molar-refractivity contribution >= 4 is 6.08 Å². The monoisotopic (exact) mass is 372 g/mol. The summed E-state index contributed by atoms with van der Waals surface area (Å²) in [5.41, 5.74) is 18.8. The Kier molecular flexibility index (Phi) is 7.76. The lowest BCUT2D eigenvalue weighted by Crippen LogP contribution is -2.23. The number of nitrogens with two attached hydrogens (primary N) is 2. The van der Waals surface area contributed by atoms with Crippen LogP contribution < -0.4 is 11.5 Å². The van der Waals surface area contributed by atoms with Crippen molar-refractivity contribution in [2.45, 2.75) is 104 Å². The SMILES string of the molecule is CC(C)(C)c1cc(C(C)(C)C)c(C=C(N)CCCCCN)c(C(C)(C)C)c1. The second-order valence-corrected chi connectivity index (χ2v) is 11.1. The van der Waals surface area contributed by atoms with Gasteiger partial charge in [0.15, 0.2) is 0 Å². The van der Waals surface area contributed by atoms with Crippen LogP contribution in [0.2, 0.25) is 0 Å². The smallest absolute Gasteiger partial charge is 0.00866 e. The standard InChI is InChI=1S/C25H44N2/c1-23(2,3)18-15-21(24(4,5)6)20(22(16-18)25(7,8)9)17-19(27)13-11-10-12-14-26/h15-17H,10-14,26-27H2,1-9H3. The highest BCUT2D eigenvalue weighted by atomic mass is 14.6. The highest BCUT2D eigenvalue weighted by Gasteiger charge is 2.28. The first-order valence-electron chi connectivity index (χ1n) is 10.5. The van der Waals surface area contributed by atoms with Crippen molar-refractivity contribution in [2.75, 3.05) is 6.54 Å². The quantitative estimate of drug-likeness (QED) is 0.568. The van der Waals surface area contributed by atoms with Crippen LogP contribution in [0.5, 0.6) is 0 Å². The van der Waals surface area contributed by atoms with Crippen LogP contribution in [0.1, 0.15) is 110 Å². The molecule has 0 bridgehead atoms. The van der Waals surface area contributed by atoms with Crippen molar-refractivity contribution in [3.63, 3.8) is 0 Å². The lowest BCUT2D eigenvalue weighted by atomic mass is 9.72. The van der Waals surface area contributed by atoms with E-state index in [2.05, 4.69) is 80.5 Å². The molecule has 0 aliphatic heterocycles. The molecule has 4 N–H and O–H groups in total. The zero-order valence-corrected chi connectivity index (χ0v) is 19.4. The van der Waals surface area contributed by atoms with Gasteiger partial charge in [-0.1, -0.05) is 80.9 Å². The molecule has 1 aromatic rings. The number of unbranched alkanes of at least 4 members (excludes halogenated alkanes) is 2. The highest BCUT2D eigenvalue weighted by Crippen LogP contribution is 2.39. The molecule has 0 amide bonds. The van der Waals surface area contributed by atoms with Crippen LogP contribution in [0.3, 0.4) is 0 Å². The Morgan fingerprint density at radius 1 is 0.778 bits per heavy atom. The summed E-state index contributed by atoms with van der Waals surface area (Å²) in [4.78, 5) is 0. The van der Waals surface area contributed by atoms with Crippen molar-refractivity contribution in [2.24, 2.45) is 11.5 Å². The van der Waals surface area contributed by atoms with E-state index in [1.54, 1.807) is 0 Å². The van der Waals surface area contributed by atoms with Gasteiger partial charge in [-0.05, 0) is 70.4 Å². The van der Waals surface area contributed by atoms with E-state index in [4.69, 9.17) is 11.5 Å². The van der Waals surface area contributed by atoms with Gasteiger partial charge in [-0.25, -0.2) is 0 Å². The van der Waals surface area contributed by atoms with E-state index in [9.17, 15) is 0 Å². The van der Waals surface area contributed by atoms with E-state index in [-0.39, 0.29) is 16.2 Å². The second kappa shape index (κ2) is 8.82. The van der Waals surface area contributed by atoms with Gasteiger partial charge in [0, 0.05) is 5.70 Å². The van der Waals surface area contributed by atoms with E-state index in [1.807, 2.05) is 0 Å². The summed E-state index contributed by atoms with van der Waals surface area (Å²) >= 11 is 0. The number of hydrogen-bond acceptors (Lipinski definition) is 2. The minimum Gasteiger partial charge on any atom is -0.402 e. The van der Waals surface area contributed by atoms with Gasteiger partial charge >= 0.3 is 0 Å². The molecule has 1 aromatic carbocycles. The summed E-state index contributed by atoms with van der Waals surface area (Å²) in [6.45, 7) is 21.5. The Balaban J connectivity index is 3.55. The van der Waals surface area contributed by atoms with Gasteiger partial charge in [0.1, 0.15) is 0 Å². The van der Waals surface area contributed by atoms with Crippen LogP contribution in [0.25, 0.3) is 6.08 Å². The number of hydrogen-bond donors (Lipinski definition) is 2. The molecule has 2 heteroatoms. The molecule has 0 unspecified atom stereocenters. The Morgan fingerprint density at radius 3 is 1.63 bits per heavy atom. The summed E-state index contributed by atoms with van der Waals surface area (Å²) in [5.74, 6) is 0. The molecule has 1 rings (SSSR count). The van der Waals surface area contributed by atoms with Gasteiger partial charge in [-0.3, -0.25) is 0 Å². The minimum atomic E-state index is 0.0624. The van der Waals surface area contributed by atoms with Crippen molar-refractivity contribution in [3.05, 3.63) is 40.1 Å². The summed E-state index contributed by atoms with van der Waals surface area (Å²) in [6, 6.07) is 4.81. The third-order valence-electron chi connectivity index (χ3n) is 5.16. The molecule has 0 heterocycles. The van der Waals surface area contributed by atoms with E-state index >= 15 is 0 Å². The first-order valence-corrected chi connectivity index (χ1v) is 10.5. The zero-order valence-electron chi connectivity index (χ0n) is 19.4. The lowest BCUT2D eigenvalue weighted by Gasteiger charge is -2.33. The average molecular weight is 373 g/mol. The zero-order chi connectivity index (χ0) is 21.0. The van der Waals surface area contributed by atoms with E-state index in [1.165, 1.54) is 22.3 Å². The topological polar surface area (TPSA) is 52.0 Å². The largest absolute Gasteiger partial charge is 0.402 e. The second-order valence-electron chi connectivity index (χ2n) is 11.1. The van der Waals surface area contributed by atoms with Gasteiger partial charge in [-0.15, -0.1) is 0 Å². The highest BCUT2D eigenvalue weighted by molar-refractivity contribution is 5.64. The number of allylic oxidation sites excluding steroid dienone is 1. The predicted octanol–water partition coefficient (Wildman–Crippen LogP) is 6.40. The molecule has 0 radical (unpaired) electrons.